The van der Waals surface area contributed by atoms with Crippen LogP contribution in [0.3, 0.4) is 0 Å². The molecule has 0 radical (unpaired) electrons. The van der Waals surface area contributed by atoms with Crippen LogP contribution in [-0.2, 0) is 0 Å². The monoisotopic (exact) mass is 270 g/mol. The summed E-state index contributed by atoms with van der Waals surface area (Å²) in [5.41, 5.74) is 1.65. The molecule has 0 saturated carbocycles. The van der Waals surface area contributed by atoms with Crippen molar-refractivity contribution in [1.82, 2.24) is 29.8 Å². The van der Waals surface area contributed by atoms with E-state index in [9.17, 15) is 4.79 Å². The fourth-order valence-corrected chi connectivity index (χ4v) is 1.92. The normalized spacial score (nSPS) is 11.2. The van der Waals surface area contributed by atoms with Crippen molar-refractivity contribution in [2.24, 2.45) is 0 Å². The van der Waals surface area contributed by atoms with Gasteiger partial charge in [0.1, 0.15) is 6.33 Å². The lowest BCUT2D eigenvalue weighted by atomic mass is 10.3. The van der Waals surface area contributed by atoms with Crippen molar-refractivity contribution in [2.75, 3.05) is 0 Å². The molecule has 1 amide bonds. The van der Waals surface area contributed by atoms with E-state index in [0.717, 1.165) is 0 Å². The zero-order valence-electron chi connectivity index (χ0n) is 11.2. The third-order valence-corrected chi connectivity index (χ3v) is 2.76. The molecule has 3 rings (SSSR count). The Labute approximate surface area is 115 Å². The SMILES string of the molecule is CC(C)NC(=O)c1nc(-n2ccnc2)nc2cc[nH]c12. The fraction of sp³-hybridized carbons (Fsp3) is 0.231. The first-order chi connectivity index (χ1) is 9.65. The van der Waals surface area contributed by atoms with Gasteiger partial charge in [-0.3, -0.25) is 9.36 Å². The third-order valence-electron chi connectivity index (χ3n) is 2.76. The van der Waals surface area contributed by atoms with Gasteiger partial charge in [0.05, 0.1) is 11.0 Å². The average molecular weight is 270 g/mol. The summed E-state index contributed by atoms with van der Waals surface area (Å²) < 4.78 is 1.67. The Kier molecular flexibility index (Phi) is 2.94. The Balaban J connectivity index is 2.14. The summed E-state index contributed by atoms with van der Waals surface area (Å²) in [6.07, 6.45) is 6.71. The number of rotatable bonds is 3. The fourth-order valence-electron chi connectivity index (χ4n) is 1.92. The standard InChI is InChI=1S/C13H14N6O/c1-8(2)16-12(20)11-10-9(3-4-15-10)17-13(18-11)19-6-5-14-7-19/h3-8,15H,1-2H3,(H,16,20). The molecule has 20 heavy (non-hydrogen) atoms. The van der Waals surface area contributed by atoms with Gasteiger partial charge in [0.15, 0.2) is 5.69 Å². The highest BCUT2D eigenvalue weighted by Gasteiger charge is 2.17. The first-order valence-electron chi connectivity index (χ1n) is 6.29. The lowest BCUT2D eigenvalue weighted by Crippen LogP contribution is -2.31. The predicted octanol–water partition coefficient (Wildman–Crippen LogP) is 1.28. The van der Waals surface area contributed by atoms with Crippen LogP contribution in [0.1, 0.15) is 24.3 Å². The number of carbonyl (C=O) groups excluding carboxylic acids is 1. The van der Waals surface area contributed by atoms with Crippen molar-refractivity contribution in [3.05, 3.63) is 36.7 Å². The summed E-state index contributed by atoms with van der Waals surface area (Å²) in [7, 11) is 0. The Morgan fingerprint density at radius 1 is 1.40 bits per heavy atom. The molecule has 0 aliphatic heterocycles. The Bertz CT molecular complexity index is 743. The molecule has 0 bridgehead atoms. The van der Waals surface area contributed by atoms with Gasteiger partial charge in [0, 0.05) is 24.6 Å². The van der Waals surface area contributed by atoms with Crippen LogP contribution in [0.4, 0.5) is 0 Å². The number of carbonyl (C=O) groups is 1. The lowest BCUT2D eigenvalue weighted by Gasteiger charge is -2.09. The number of hydrogen-bond donors (Lipinski definition) is 2. The van der Waals surface area contributed by atoms with Gasteiger partial charge in [-0.15, -0.1) is 0 Å². The zero-order valence-corrected chi connectivity index (χ0v) is 11.2. The van der Waals surface area contributed by atoms with Crippen molar-refractivity contribution in [3.8, 4) is 5.95 Å². The quantitative estimate of drug-likeness (QED) is 0.750. The van der Waals surface area contributed by atoms with Gasteiger partial charge in [-0.25, -0.2) is 15.0 Å². The molecular formula is C13H14N6O. The maximum absolute atomic E-state index is 12.2. The van der Waals surface area contributed by atoms with Gasteiger partial charge in [-0.1, -0.05) is 0 Å². The van der Waals surface area contributed by atoms with Gasteiger partial charge < -0.3 is 10.3 Å². The first-order valence-corrected chi connectivity index (χ1v) is 6.29. The molecule has 3 heterocycles. The molecule has 0 aliphatic rings. The third kappa shape index (κ3) is 2.13. The van der Waals surface area contributed by atoms with E-state index in [-0.39, 0.29) is 11.9 Å². The van der Waals surface area contributed by atoms with E-state index in [2.05, 4.69) is 25.3 Å². The summed E-state index contributed by atoms with van der Waals surface area (Å²) in [5.74, 6) is 0.194. The molecule has 0 unspecified atom stereocenters. The molecule has 0 saturated heterocycles. The topological polar surface area (TPSA) is 88.5 Å². The summed E-state index contributed by atoms with van der Waals surface area (Å²) in [6.45, 7) is 3.81. The highest BCUT2D eigenvalue weighted by molar-refractivity contribution is 6.03. The van der Waals surface area contributed by atoms with Crippen molar-refractivity contribution < 1.29 is 4.79 Å². The number of fused-ring (bicyclic) bond motifs is 1. The molecule has 0 atom stereocenters. The molecule has 7 heteroatoms. The van der Waals surface area contributed by atoms with Crippen LogP contribution in [0.5, 0.6) is 0 Å². The Hall–Kier alpha value is -2.70. The maximum atomic E-state index is 12.2. The highest BCUT2D eigenvalue weighted by atomic mass is 16.1. The van der Waals surface area contributed by atoms with E-state index in [4.69, 9.17) is 0 Å². The Morgan fingerprint density at radius 2 is 2.25 bits per heavy atom. The summed E-state index contributed by atoms with van der Waals surface area (Å²) in [5, 5.41) is 2.84. The lowest BCUT2D eigenvalue weighted by molar-refractivity contribution is 0.0939. The largest absolute Gasteiger partial charge is 0.358 e. The second-order valence-electron chi connectivity index (χ2n) is 4.71. The number of hydrogen-bond acceptors (Lipinski definition) is 4. The number of aromatic amines is 1. The number of aromatic nitrogens is 5. The summed E-state index contributed by atoms with van der Waals surface area (Å²) >= 11 is 0. The van der Waals surface area contributed by atoms with E-state index in [0.29, 0.717) is 22.7 Å². The molecule has 3 aromatic rings. The van der Waals surface area contributed by atoms with Crippen LogP contribution in [0.15, 0.2) is 31.0 Å². The molecule has 102 valence electrons. The van der Waals surface area contributed by atoms with Crippen LogP contribution in [-0.4, -0.2) is 36.5 Å². The van der Waals surface area contributed by atoms with Crippen LogP contribution in [0.2, 0.25) is 0 Å². The molecule has 0 spiro atoms. The highest BCUT2D eigenvalue weighted by Crippen LogP contribution is 2.15. The molecule has 3 aromatic heterocycles. The molecule has 0 aromatic carbocycles. The molecule has 2 N–H and O–H groups in total. The number of amides is 1. The van der Waals surface area contributed by atoms with Crippen molar-refractivity contribution in [1.29, 1.82) is 0 Å². The first kappa shape index (κ1) is 12.3. The van der Waals surface area contributed by atoms with E-state index in [1.807, 2.05) is 19.9 Å². The minimum Gasteiger partial charge on any atom is -0.358 e. The van der Waals surface area contributed by atoms with Crippen molar-refractivity contribution >= 4 is 16.9 Å². The van der Waals surface area contributed by atoms with Gasteiger partial charge in [-0.2, -0.15) is 0 Å². The van der Waals surface area contributed by atoms with Gasteiger partial charge in [-0.05, 0) is 19.9 Å². The molecule has 7 nitrogen and oxygen atoms in total. The number of imidazole rings is 1. The number of nitrogens with one attached hydrogen (secondary N) is 2. The van der Waals surface area contributed by atoms with Crippen LogP contribution in [0.25, 0.3) is 17.0 Å². The molecular weight excluding hydrogens is 256 g/mol. The smallest absolute Gasteiger partial charge is 0.272 e. The second kappa shape index (κ2) is 4.76. The van der Waals surface area contributed by atoms with E-state index >= 15 is 0 Å². The van der Waals surface area contributed by atoms with E-state index < -0.39 is 0 Å². The second-order valence-corrected chi connectivity index (χ2v) is 4.71. The summed E-state index contributed by atoms with van der Waals surface area (Å²) in [6, 6.07) is 1.85. The number of nitrogens with zero attached hydrogens (tertiary/aromatic N) is 4. The van der Waals surface area contributed by atoms with E-state index in [1.165, 1.54) is 0 Å². The molecule has 0 fully saturated rings. The average Bonchev–Trinajstić information content (AvgIpc) is 3.07. The van der Waals surface area contributed by atoms with Crippen molar-refractivity contribution in [2.45, 2.75) is 19.9 Å². The van der Waals surface area contributed by atoms with Crippen LogP contribution in [0, 0.1) is 0 Å². The van der Waals surface area contributed by atoms with Crippen LogP contribution < -0.4 is 5.32 Å². The summed E-state index contributed by atoms with van der Waals surface area (Å²) in [4.78, 5) is 27.9. The predicted molar refractivity (Wildman–Crippen MR) is 73.6 cm³/mol. The van der Waals surface area contributed by atoms with Crippen LogP contribution >= 0.6 is 0 Å². The van der Waals surface area contributed by atoms with Crippen molar-refractivity contribution in [3.63, 3.8) is 0 Å². The molecule has 0 aliphatic carbocycles. The van der Waals surface area contributed by atoms with E-state index in [1.54, 1.807) is 29.5 Å². The number of H-pyrrole nitrogens is 1. The van der Waals surface area contributed by atoms with Gasteiger partial charge >= 0.3 is 0 Å². The Morgan fingerprint density at radius 3 is 2.95 bits per heavy atom. The van der Waals surface area contributed by atoms with Gasteiger partial charge in [0.25, 0.3) is 5.91 Å². The van der Waals surface area contributed by atoms with Gasteiger partial charge in [0.2, 0.25) is 5.95 Å². The minimum absolute atomic E-state index is 0.0409. The zero-order chi connectivity index (χ0) is 14.1. The minimum atomic E-state index is -0.226. The maximum Gasteiger partial charge on any atom is 0.272 e.